The first-order valence-corrected chi connectivity index (χ1v) is 5.70. The molecule has 1 aromatic heterocycles. The first-order chi connectivity index (χ1) is 9.90. The van der Waals surface area contributed by atoms with E-state index in [1.165, 1.54) is 18.5 Å². The Balaban J connectivity index is 2.23. The van der Waals surface area contributed by atoms with Crippen LogP contribution in [0.3, 0.4) is 0 Å². The van der Waals surface area contributed by atoms with E-state index in [-0.39, 0.29) is 23.7 Å². The molecule has 0 spiro atoms. The Bertz CT molecular complexity index is 677. The third-order valence-electron chi connectivity index (χ3n) is 2.51. The van der Waals surface area contributed by atoms with Crippen molar-refractivity contribution >= 4 is 5.82 Å². The summed E-state index contributed by atoms with van der Waals surface area (Å²) in [7, 11) is 0. The number of ether oxygens (including phenoxy) is 1. The molecule has 5 nitrogen and oxygen atoms in total. The summed E-state index contributed by atoms with van der Waals surface area (Å²) in [6.45, 7) is -0.192. The number of hydrogen-bond donors (Lipinski definition) is 1. The van der Waals surface area contributed by atoms with E-state index in [9.17, 15) is 13.2 Å². The van der Waals surface area contributed by atoms with Crippen LogP contribution in [0.1, 0.15) is 16.8 Å². The molecule has 2 aromatic rings. The van der Waals surface area contributed by atoms with Crippen LogP contribution in [0.2, 0.25) is 0 Å². The van der Waals surface area contributed by atoms with Crippen molar-refractivity contribution in [3.63, 3.8) is 0 Å². The zero-order valence-electron chi connectivity index (χ0n) is 10.6. The van der Waals surface area contributed by atoms with Crippen LogP contribution < -0.4 is 10.5 Å². The number of hydrogen-bond acceptors (Lipinski definition) is 5. The van der Waals surface area contributed by atoms with Gasteiger partial charge in [0.05, 0.1) is 35.3 Å². The molecule has 108 valence electrons. The molecule has 0 saturated heterocycles. The van der Waals surface area contributed by atoms with Gasteiger partial charge in [-0.25, -0.2) is 4.98 Å². The van der Waals surface area contributed by atoms with Gasteiger partial charge in [0, 0.05) is 0 Å². The molecule has 2 rings (SSSR count). The minimum Gasteiger partial charge on any atom is -0.487 e. The zero-order valence-corrected chi connectivity index (χ0v) is 10.6. The minimum atomic E-state index is -4.62. The Labute approximate surface area is 117 Å². The number of nitrogens with two attached hydrogens (primary N) is 1. The fourth-order valence-corrected chi connectivity index (χ4v) is 1.54. The molecule has 8 heteroatoms. The van der Waals surface area contributed by atoms with Crippen LogP contribution in [0.5, 0.6) is 5.75 Å². The molecule has 21 heavy (non-hydrogen) atoms. The second-order valence-electron chi connectivity index (χ2n) is 4.04. The average molecular weight is 294 g/mol. The monoisotopic (exact) mass is 294 g/mol. The second kappa shape index (κ2) is 5.66. The molecule has 2 N–H and O–H groups in total. The topological polar surface area (TPSA) is 84.8 Å². The van der Waals surface area contributed by atoms with Crippen LogP contribution in [-0.2, 0) is 12.8 Å². The van der Waals surface area contributed by atoms with Crippen LogP contribution in [0.25, 0.3) is 0 Å². The smallest absolute Gasteiger partial charge is 0.420 e. The molecular formula is C13H9F3N4O. The third kappa shape index (κ3) is 3.60. The SMILES string of the molecule is N#Cc1ccc(OCc2cnc(N)cn2)c(C(F)(F)F)c1. The summed E-state index contributed by atoms with van der Waals surface area (Å²) >= 11 is 0. The van der Waals surface area contributed by atoms with Crippen molar-refractivity contribution in [3.8, 4) is 11.8 Å². The van der Waals surface area contributed by atoms with Crippen molar-refractivity contribution in [1.29, 1.82) is 5.26 Å². The van der Waals surface area contributed by atoms with Gasteiger partial charge in [-0.05, 0) is 18.2 Å². The van der Waals surface area contributed by atoms with Gasteiger partial charge in [-0.2, -0.15) is 18.4 Å². The van der Waals surface area contributed by atoms with Gasteiger partial charge in [0.1, 0.15) is 18.2 Å². The van der Waals surface area contributed by atoms with Crippen molar-refractivity contribution in [2.75, 3.05) is 5.73 Å². The van der Waals surface area contributed by atoms with Gasteiger partial charge in [0.25, 0.3) is 0 Å². The Morgan fingerprint density at radius 2 is 2.00 bits per heavy atom. The normalized spacial score (nSPS) is 11.0. The predicted molar refractivity (Wildman–Crippen MR) is 66.9 cm³/mol. The van der Waals surface area contributed by atoms with Crippen LogP contribution >= 0.6 is 0 Å². The summed E-state index contributed by atoms with van der Waals surface area (Å²) in [6, 6.07) is 4.75. The van der Waals surface area contributed by atoms with Crippen LogP contribution in [0.15, 0.2) is 30.6 Å². The van der Waals surface area contributed by atoms with Crippen LogP contribution in [-0.4, -0.2) is 9.97 Å². The molecule has 0 amide bonds. The number of aromatic nitrogens is 2. The van der Waals surface area contributed by atoms with Crippen LogP contribution in [0, 0.1) is 11.3 Å². The minimum absolute atomic E-state index is 0.0954. The molecule has 0 fully saturated rings. The standard InChI is InChI=1S/C13H9F3N4O/c14-13(15,16)10-3-8(4-17)1-2-11(10)21-7-9-5-20-12(18)6-19-9/h1-3,5-6H,7H2,(H2,18,20). The number of rotatable bonds is 3. The van der Waals surface area contributed by atoms with E-state index in [1.54, 1.807) is 6.07 Å². The Hall–Kier alpha value is -2.82. The quantitative estimate of drug-likeness (QED) is 0.940. The number of nitrogen functional groups attached to an aromatic ring is 1. The number of halogens is 3. The van der Waals surface area contributed by atoms with Crippen molar-refractivity contribution in [1.82, 2.24) is 9.97 Å². The van der Waals surface area contributed by atoms with Gasteiger partial charge >= 0.3 is 6.18 Å². The Morgan fingerprint density at radius 1 is 1.24 bits per heavy atom. The Morgan fingerprint density at radius 3 is 2.57 bits per heavy atom. The number of nitrogens with zero attached hydrogens (tertiary/aromatic N) is 3. The summed E-state index contributed by atoms with van der Waals surface area (Å²) in [5.74, 6) is -0.173. The lowest BCUT2D eigenvalue weighted by molar-refractivity contribution is -0.139. The van der Waals surface area contributed by atoms with Gasteiger partial charge in [0.2, 0.25) is 0 Å². The highest BCUT2D eigenvalue weighted by Crippen LogP contribution is 2.37. The first-order valence-electron chi connectivity index (χ1n) is 5.70. The maximum Gasteiger partial charge on any atom is 0.420 e. The fourth-order valence-electron chi connectivity index (χ4n) is 1.54. The van der Waals surface area contributed by atoms with E-state index < -0.39 is 11.7 Å². The second-order valence-corrected chi connectivity index (χ2v) is 4.04. The molecule has 1 aromatic carbocycles. The van der Waals surface area contributed by atoms with E-state index in [1.807, 2.05) is 0 Å². The molecule has 0 aliphatic carbocycles. The highest BCUT2D eigenvalue weighted by Gasteiger charge is 2.34. The number of benzene rings is 1. The van der Waals surface area contributed by atoms with Gasteiger partial charge in [0.15, 0.2) is 0 Å². The lowest BCUT2D eigenvalue weighted by atomic mass is 10.1. The largest absolute Gasteiger partial charge is 0.487 e. The van der Waals surface area contributed by atoms with E-state index >= 15 is 0 Å². The summed E-state index contributed by atoms with van der Waals surface area (Å²) < 4.78 is 43.8. The zero-order chi connectivity index (χ0) is 15.5. The molecular weight excluding hydrogens is 285 g/mol. The van der Waals surface area contributed by atoms with E-state index in [2.05, 4.69) is 9.97 Å². The molecule has 0 aliphatic rings. The lowest BCUT2D eigenvalue weighted by Gasteiger charge is -2.13. The average Bonchev–Trinajstić information content (AvgIpc) is 2.45. The van der Waals surface area contributed by atoms with E-state index in [4.69, 9.17) is 15.7 Å². The van der Waals surface area contributed by atoms with Crippen LogP contribution in [0.4, 0.5) is 19.0 Å². The molecule has 1 heterocycles. The molecule has 0 saturated carbocycles. The van der Waals surface area contributed by atoms with E-state index in [0.29, 0.717) is 5.69 Å². The number of alkyl halides is 3. The highest BCUT2D eigenvalue weighted by molar-refractivity contribution is 5.43. The molecule has 0 unspecified atom stereocenters. The summed E-state index contributed by atoms with van der Waals surface area (Å²) in [6.07, 6.45) is -2.02. The summed E-state index contributed by atoms with van der Waals surface area (Å²) in [5.41, 5.74) is 4.58. The third-order valence-corrected chi connectivity index (χ3v) is 2.51. The highest BCUT2D eigenvalue weighted by atomic mass is 19.4. The maximum atomic E-state index is 12.9. The Kier molecular flexibility index (Phi) is 3.93. The number of nitriles is 1. The first kappa shape index (κ1) is 14.6. The van der Waals surface area contributed by atoms with Crippen molar-refractivity contribution < 1.29 is 17.9 Å². The van der Waals surface area contributed by atoms with Crippen molar-refractivity contribution in [2.24, 2.45) is 0 Å². The van der Waals surface area contributed by atoms with Gasteiger partial charge < -0.3 is 10.5 Å². The molecule has 0 radical (unpaired) electrons. The van der Waals surface area contributed by atoms with Gasteiger partial charge in [-0.15, -0.1) is 0 Å². The summed E-state index contributed by atoms with van der Waals surface area (Å²) in [5, 5.41) is 8.66. The molecule has 0 atom stereocenters. The van der Waals surface area contributed by atoms with Gasteiger partial charge in [-0.3, -0.25) is 4.98 Å². The van der Waals surface area contributed by atoms with E-state index in [0.717, 1.165) is 12.1 Å². The summed E-state index contributed by atoms with van der Waals surface area (Å²) in [4.78, 5) is 7.63. The maximum absolute atomic E-state index is 12.9. The molecule has 0 bridgehead atoms. The van der Waals surface area contributed by atoms with Crippen molar-refractivity contribution in [3.05, 3.63) is 47.4 Å². The predicted octanol–water partition coefficient (Wildman–Crippen LogP) is 2.53. The molecule has 0 aliphatic heterocycles. The van der Waals surface area contributed by atoms with Crippen molar-refractivity contribution in [2.45, 2.75) is 12.8 Å². The van der Waals surface area contributed by atoms with Gasteiger partial charge in [-0.1, -0.05) is 0 Å². The number of anilines is 1. The lowest BCUT2D eigenvalue weighted by Crippen LogP contribution is -2.10. The fraction of sp³-hybridized carbons (Fsp3) is 0.154.